The summed E-state index contributed by atoms with van der Waals surface area (Å²) in [5, 5.41) is 6.02. The first-order chi connectivity index (χ1) is 18.5. The molecule has 38 heavy (non-hydrogen) atoms. The van der Waals surface area contributed by atoms with Gasteiger partial charge in [0.1, 0.15) is 10.6 Å². The summed E-state index contributed by atoms with van der Waals surface area (Å²) < 4.78 is 6.01. The largest absolute Gasteiger partial charge is 0.465 e. The Hall–Kier alpha value is -3.81. The van der Waals surface area contributed by atoms with E-state index < -0.39 is 5.97 Å². The number of benzene rings is 3. The van der Waals surface area contributed by atoms with Crippen LogP contribution < -0.4 is 5.32 Å². The van der Waals surface area contributed by atoms with Gasteiger partial charge in [-0.2, -0.15) is 0 Å². The minimum absolute atomic E-state index is 0.318. The lowest BCUT2D eigenvalue weighted by Gasteiger charge is -2.12. The number of pyridine rings is 1. The zero-order valence-electron chi connectivity index (χ0n) is 21.0. The summed E-state index contributed by atoms with van der Waals surface area (Å²) in [4.78, 5) is 31.4. The highest BCUT2D eigenvalue weighted by molar-refractivity contribution is 9.10. The van der Waals surface area contributed by atoms with E-state index in [0.717, 1.165) is 39.3 Å². The van der Waals surface area contributed by atoms with Crippen molar-refractivity contribution in [2.24, 2.45) is 0 Å². The molecule has 1 amide bonds. The third kappa shape index (κ3) is 5.26. The van der Waals surface area contributed by atoms with Gasteiger partial charge in [-0.3, -0.25) is 4.79 Å². The molecule has 5 aromatic rings. The number of aromatic nitrogens is 1. The van der Waals surface area contributed by atoms with Crippen LogP contribution >= 0.6 is 27.3 Å². The Morgan fingerprint density at radius 1 is 0.974 bits per heavy atom. The van der Waals surface area contributed by atoms with Crippen molar-refractivity contribution in [2.45, 2.75) is 19.8 Å². The molecule has 0 aliphatic heterocycles. The van der Waals surface area contributed by atoms with Crippen LogP contribution in [0.4, 0.5) is 5.00 Å². The molecule has 7 heteroatoms. The fourth-order valence-corrected chi connectivity index (χ4v) is 5.63. The van der Waals surface area contributed by atoms with E-state index in [2.05, 4.69) is 40.3 Å². The standard InChI is InChI=1S/C31H25BrN2O3S/c1-3-6-19-9-11-21(12-10-19)27-17-24(23-7-4-5-8-26(23)33-27)29(35)34-30-28(31(36)37-2)25(18-38-30)20-13-15-22(32)16-14-20/h4-5,7-18H,3,6H2,1-2H3,(H,34,35). The predicted octanol–water partition coefficient (Wildman–Crippen LogP) is 8.38. The summed E-state index contributed by atoms with van der Waals surface area (Å²) in [5.74, 6) is -0.825. The number of nitrogens with one attached hydrogen (secondary N) is 1. The molecular formula is C31H25BrN2O3S. The molecule has 2 heterocycles. The SMILES string of the molecule is CCCc1ccc(-c2cc(C(=O)Nc3scc(-c4ccc(Br)cc4)c3C(=O)OC)c3ccccc3n2)cc1. The van der Waals surface area contributed by atoms with Crippen molar-refractivity contribution in [1.82, 2.24) is 4.98 Å². The zero-order valence-corrected chi connectivity index (χ0v) is 23.4. The molecule has 0 aliphatic carbocycles. The Bertz CT molecular complexity index is 1630. The maximum Gasteiger partial charge on any atom is 0.341 e. The summed E-state index contributed by atoms with van der Waals surface area (Å²) in [7, 11) is 1.34. The normalized spacial score (nSPS) is 10.9. The highest BCUT2D eigenvalue weighted by Crippen LogP contribution is 2.37. The molecule has 0 aliphatic rings. The van der Waals surface area contributed by atoms with Crippen LogP contribution in [0.2, 0.25) is 0 Å². The van der Waals surface area contributed by atoms with Gasteiger partial charge < -0.3 is 10.1 Å². The molecule has 0 saturated heterocycles. The first-order valence-electron chi connectivity index (χ1n) is 12.2. The topological polar surface area (TPSA) is 68.3 Å². The van der Waals surface area contributed by atoms with Crippen LogP contribution in [-0.2, 0) is 11.2 Å². The van der Waals surface area contributed by atoms with E-state index in [4.69, 9.17) is 9.72 Å². The minimum Gasteiger partial charge on any atom is -0.465 e. The fraction of sp³-hybridized carbons (Fsp3) is 0.129. The number of thiophene rings is 1. The van der Waals surface area contributed by atoms with E-state index in [-0.39, 0.29) is 5.91 Å². The molecule has 1 N–H and O–H groups in total. The van der Waals surface area contributed by atoms with E-state index in [1.165, 1.54) is 24.0 Å². The summed E-state index contributed by atoms with van der Waals surface area (Å²) in [6, 6.07) is 25.3. The third-order valence-corrected chi connectivity index (χ3v) is 7.74. The van der Waals surface area contributed by atoms with Crippen molar-refractivity contribution in [1.29, 1.82) is 0 Å². The number of nitrogens with zero attached hydrogens (tertiary/aromatic N) is 1. The van der Waals surface area contributed by atoms with Gasteiger partial charge in [0.2, 0.25) is 0 Å². The number of carbonyl (C=O) groups excluding carboxylic acids is 2. The second-order valence-electron chi connectivity index (χ2n) is 8.83. The molecule has 2 aromatic heterocycles. The van der Waals surface area contributed by atoms with E-state index >= 15 is 0 Å². The van der Waals surface area contributed by atoms with Crippen LogP contribution in [0.5, 0.6) is 0 Å². The number of hydrogen-bond acceptors (Lipinski definition) is 5. The van der Waals surface area contributed by atoms with Crippen molar-refractivity contribution < 1.29 is 14.3 Å². The number of fused-ring (bicyclic) bond motifs is 1. The minimum atomic E-state index is -0.507. The Kier molecular flexibility index (Phi) is 7.67. The Morgan fingerprint density at radius 3 is 2.39 bits per heavy atom. The van der Waals surface area contributed by atoms with Crippen LogP contribution in [0.25, 0.3) is 33.3 Å². The van der Waals surface area contributed by atoms with E-state index in [0.29, 0.717) is 27.4 Å². The molecule has 0 saturated carbocycles. The highest BCUT2D eigenvalue weighted by Gasteiger charge is 2.24. The molecule has 0 fully saturated rings. The molecule has 0 atom stereocenters. The number of rotatable bonds is 7. The van der Waals surface area contributed by atoms with Crippen molar-refractivity contribution in [2.75, 3.05) is 12.4 Å². The molecular weight excluding hydrogens is 560 g/mol. The highest BCUT2D eigenvalue weighted by atomic mass is 79.9. The smallest absolute Gasteiger partial charge is 0.341 e. The quantitative estimate of drug-likeness (QED) is 0.195. The number of anilines is 1. The predicted molar refractivity (Wildman–Crippen MR) is 158 cm³/mol. The maximum atomic E-state index is 13.7. The van der Waals surface area contributed by atoms with Crippen LogP contribution in [0.3, 0.4) is 0 Å². The molecule has 0 radical (unpaired) electrons. The van der Waals surface area contributed by atoms with Gasteiger partial charge in [-0.05, 0) is 41.8 Å². The number of methoxy groups -OCH3 is 1. The summed E-state index contributed by atoms with van der Waals surface area (Å²) in [6.07, 6.45) is 2.10. The van der Waals surface area contributed by atoms with Gasteiger partial charge in [0.05, 0.1) is 23.9 Å². The lowest BCUT2D eigenvalue weighted by molar-refractivity contribution is 0.0603. The molecule has 5 nitrogen and oxygen atoms in total. The number of hydrogen-bond donors (Lipinski definition) is 1. The number of aryl methyl sites for hydroxylation is 1. The first kappa shape index (κ1) is 25.8. The zero-order chi connectivity index (χ0) is 26.6. The van der Waals surface area contributed by atoms with Gasteiger partial charge in [-0.25, -0.2) is 9.78 Å². The van der Waals surface area contributed by atoms with Crippen LogP contribution in [-0.4, -0.2) is 24.0 Å². The monoisotopic (exact) mass is 584 g/mol. The average molecular weight is 586 g/mol. The van der Waals surface area contributed by atoms with Crippen LogP contribution in [0.15, 0.2) is 88.7 Å². The number of halogens is 1. The molecule has 0 bridgehead atoms. The van der Waals surface area contributed by atoms with Crippen molar-refractivity contribution >= 4 is 55.0 Å². The summed E-state index contributed by atoms with van der Waals surface area (Å²) >= 11 is 4.74. The molecule has 0 spiro atoms. The maximum absolute atomic E-state index is 13.7. The van der Waals surface area contributed by atoms with Gasteiger partial charge >= 0.3 is 5.97 Å². The molecule has 5 rings (SSSR count). The number of carbonyl (C=O) groups is 2. The molecule has 0 unspecified atom stereocenters. The number of para-hydroxylation sites is 1. The van der Waals surface area contributed by atoms with Crippen LogP contribution in [0.1, 0.15) is 39.6 Å². The first-order valence-corrected chi connectivity index (χ1v) is 13.9. The Labute approximate surface area is 233 Å². The van der Waals surface area contributed by atoms with Crippen LogP contribution in [0, 0.1) is 0 Å². The Balaban J connectivity index is 1.55. The summed E-state index contributed by atoms with van der Waals surface area (Å²) in [6.45, 7) is 2.16. The van der Waals surface area contributed by atoms with E-state index in [1.807, 2.05) is 72.1 Å². The number of esters is 1. The van der Waals surface area contributed by atoms with Gasteiger partial charge in [0.25, 0.3) is 5.91 Å². The second-order valence-corrected chi connectivity index (χ2v) is 10.6. The lowest BCUT2D eigenvalue weighted by atomic mass is 10.0. The van der Waals surface area contributed by atoms with Gasteiger partial charge in [0, 0.05) is 26.4 Å². The second kappa shape index (κ2) is 11.3. The molecule has 190 valence electrons. The van der Waals surface area contributed by atoms with E-state index in [1.54, 1.807) is 0 Å². The lowest BCUT2D eigenvalue weighted by Crippen LogP contribution is -2.15. The van der Waals surface area contributed by atoms with E-state index in [9.17, 15) is 9.59 Å². The Morgan fingerprint density at radius 2 is 1.68 bits per heavy atom. The summed E-state index contributed by atoms with van der Waals surface area (Å²) in [5.41, 5.74) is 6.02. The van der Waals surface area contributed by atoms with Crippen molar-refractivity contribution in [3.63, 3.8) is 0 Å². The molecule has 3 aromatic carbocycles. The number of ether oxygens (including phenoxy) is 1. The van der Waals surface area contributed by atoms with Crippen molar-refractivity contribution in [3.8, 4) is 22.4 Å². The van der Waals surface area contributed by atoms with Crippen molar-refractivity contribution in [3.05, 3.63) is 105 Å². The third-order valence-electron chi connectivity index (χ3n) is 6.31. The number of amides is 1. The fourth-order valence-electron chi connectivity index (χ4n) is 4.41. The average Bonchev–Trinajstić information content (AvgIpc) is 3.36. The van der Waals surface area contributed by atoms with Gasteiger partial charge in [0.15, 0.2) is 0 Å². The van der Waals surface area contributed by atoms with Gasteiger partial charge in [-0.1, -0.05) is 83.9 Å². The van der Waals surface area contributed by atoms with Gasteiger partial charge in [-0.15, -0.1) is 11.3 Å².